The molecular formula is C16H18ClNO. The SMILES string of the molecule is CCCOc1ccc(CNc2ccc(Cl)cc2)cc1. The summed E-state index contributed by atoms with van der Waals surface area (Å²) in [5.74, 6) is 0.928. The van der Waals surface area contributed by atoms with Crippen LogP contribution in [0.3, 0.4) is 0 Å². The summed E-state index contributed by atoms with van der Waals surface area (Å²) in [4.78, 5) is 0. The number of rotatable bonds is 6. The zero-order valence-corrected chi connectivity index (χ0v) is 11.8. The minimum Gasteiger partial charge on any atom is -0.494 e. The molecule has 2 aromatic rings. The van der Waals surface area contributed by atoms with Gasteiger partial charge >= 0.3 is 0 Å². The highest BCUT2D eigenvalue weighted by Crippen LogP contribution is 2.16. The molecule has 0 aliphatic carbocycles. The molecule has 100 valence electrons. The Morgan fingerprint density at radius 3 is 2.32 bits per heavy atom. The van der Waals surface area contributed by atoms with E-state index in [2.05, 4.69) is 24.4 Å². The monoisotopic (exact) mass is 275 g/mol. The van der Waals surface area contributed by atoms with Crippen LogP contribution in [0.4, 0.5) is 5.69 Å². The van der Waals surface area contributed by atoms with E-state index in [1.165, 1.54) is 5.56 Å². The van der Waals surface area contributed by atoms with E-state index in [-0.39, 0.29) is 0 Å². The molecule has 2 aromatic carbocycles. The number of anilines is 1. The summed E-state index contributed by atoms with van der Waals surface area (Å²) in [7, 11) is 0. The smallest absolute Gasteiger partial charge is 0.119 e. The topological polar surface area (TPSA) is 21.3 Å². The predicted octanol–water partition coefficient (Wildman–Crippen LogP) is 4.74. The number of halogens is 1. The molecule has 2 nitrogen and oxygen atoms in total. The van der Waals surface area contributed by atoms with Crippen LogP contribution in [0, 0.1) is 0 Å². The van der Waals surface area contributed by atoms with Crippen molar-refractivity contribution in [3.05, 3.63) is 59.1 Å². The first-order chi connectivity index (χ1) is 9.28. The molecule has 0 saturated carbocycles. The van der Waals surface area contributed by atoms with Crippen molar-refractivity contribution in [3.8, 4) is 5.75 Å². The van der Waals surface area contributed by atoms with Crippen molar-refractivity contribution in [2.75, 3.05) is 11.9 Å². The quantitative estimate of drug-likeness (QED) is 0.822. The zero-order chi connectivity index (χ0) is 13.5. The molecule has 0 heterocycles. The van der Waals surface area contributed by atoms with Gasteiger partial charge in [0.25, 0.3) is 0 Å². The first-order valence-corrected chi connectivity index (χ1v) is 6.87. The van der Waals surface area contributed by atoms with Gasteiger partial charge in [0.05, 0.1) is 6.61 Å². The van der Waals surface area contributed by atoms with E-state index >= 15 is 0 Å². The van der Waals surface area contributed by atoms with Crippen molar-refractivity contribution in [1.82, 2.24) is 0 Å². The van der Waals surface area contributed by atoms with Crippen LogP contribution in [-0.4, -0.2) is 6.61 Å². The summed E-state index contributed by atoms with van der Waals surface area (Å²) in [6.07, 6.45) is 1.03. The Labute approximate surface area is 119 Å². The van der Waals surface area contributed by atoms with Crippen molar-refractivity contribution in [3.63, 3.8) is 0 Å². The second-order valence-corrected chi connectivity index (χ2v) is 4.79. The van der Waals surface area contributed by atoms with Crippen LogP contribution in [0.5, 0.6) is 5.75 Å². The maximum absolute atomic E-state index is 5.85. The second kappa shape index (κ2) is 7.05. The lowest BCUT2D eigenvalue weighted by atomic mass is 10.2. The van der Waals surface area contributed by atoms with Gasteiger partial charge in [-0.3, -0.25) is 0 Å². The van der Waals surface area contributed by atoms with Crippen molar-refractivity contribution < 1.29 is 4.74 Å². The standard InChI is InChI=1S/C16H18ClNO/c1-2-11-19-16-9-3-13(4-10-16)12-18-15-7-5-14(17)6-8-15/h3-10,18H,2,11-12H2,1H3. The Bertz CT molecular complexity index is 493. The van der Waals surface area contributed by atoms with Crippen molar-refractivity contribution in [2.24, 2.45) is 0 Å². The second-order valence-electron chi connectivity index (χ2n) is 4.35. The molecule has 0 saturated heterocycles. The van der Waals surface area contributed by atoms with E-state index in [1.54, 1.807) is 0 Å². The number of hydrogen-bond donors (Lipinski definition) is 1. The van der Waals surface area contributed by atoms with Crippen LogP contribution < -0.4 is 10.1 Å². The Morgan fingerprint density at radius 1 is 1.00 bits per heavy atom. The fourth-order valence-electron chi connectivity index (χ4n) is 1.70. The number of benzene rings is 2. The number of ether oxygens (including phenoxy) is 1. The van der Waals surface area contributed by atoms with Crippen LogP contribution in [0.25, 0.3) is 0 Å². The molecule has 0 radical (unpaired) electrons. The van der Waals surface area contributed by atoms with Gasteiger partial charge in [0.2, 0.25) is 0 Å². The van der Waals surface area contributed by atoms with Crippen LogP contribution in [-0.2, 0) is 6.54 Å². The predicted molar refractivity (Wildman–Crippen MR) is 81.0 cm³/mol. The van der Waals surface area contributed by atoms with Gasteiger partial charge in [-0.1, -0.05) is 30.7 Å². The Balaban J connectivity index is 1.87. The lowest BCUT2D eigenvalue weighted by Crippen LogP contribution is -1.99. The van der Waals surface area contributed by atoms with E-state index in [1.807, 2.05) is 36.4 Å². The van der Waals surface area contributed by atoms with Crippen molar-refractivity contribution >= 4 is 17.3 Å². The van der Waals surface area contributed by atoms with Crippen LogP contribution in [0.1, 0.15) is 18.9 Å². The highest BCUT2D eigenvalue weighted by atomic mass is 35.5. The molecule has 0 fully saturated rings. The third-order valence-corrected chi connectivity index (χ3v) is 2.99. The van der Waals surface area contributed by atoms with Crippen LogP contribution >= 0.6 is 11.6 Å². The van der Waals surface area contributed by atoms with E-state index in [9.17, 15) is 0 Å². The molecule has 0 aromatic heterocycles. The number of hydrogen-bond acceptors (Lipinski definition) is 2. The molecule has 3 heteroatoms. The first-order valence-electron chi connectivity index (χ1n) is 6.49. The zero-order valence-electron chi connectivity index (χ0n) is 11.0. The van der Waals surface area contributed by atoms with Gasteiger partial charge in [-0.15, -0.1) is 0 Å². The van der Waals surface area contributed by atoms with Crippen molar-refractivity contribution in [2.45, 2.75) is 19.9 Å². The molecule has 2 rings (SSSR count). The van der Waals surface area contributed by atoms with Gasteiger partial charge < -0.3 is 10.1 Å². The Hall–Kier alpha value is -1.67. The average Bonchev–Trinajstić information content (AvgIpc) is 2.46. The maximum atomic E-state index is 5.85. The first kappa shape index (κ1) is 13.8. The minimum absolute atomic E-state index is 0.753. The molecule has 0 atom stereocenters. The highest BCUT2D eigenvalue weighted by molar-refractivity contribution is 6.30. The fraction of sp³-hybridized carbons (Fsp3) is 0.250. The summed E-state index contributed by atoms with van der Waals surface area (Å²) < 4.78 is 5.55. The van der Waals surface area contributed by atoms with Gasteiger partial charge in [0.1, 0.15) is 5.75 Å². The molecule has 0 spiro atoms. The third-order valence-electron chi connectivity index (χ3n) is 2.74. The molecule has 0 unspecified atom stereocenters. The Kier molecular flexibility index (Phi) is 5.10. The largest absolute Gasteiger partial charge is 0.494 e. The average molecular weight is 276 g/mol. The lowest BCUT2D eigenvalue weighted by Gasteiger charge is -2.08. The molecule has 0 bridgehead atoms. The van der Waals surface area contributed by atoms with E-state index < -0.39 is 0 Å². The third kappa shape index (κ3) is 4.49. The van der Waals surface area contributed by atoms with E-state index in [0.717, 1.165) is 36.0 Å². The Morgan fingerprint density at radius 2 is 1.68 bits per heavy atom. The summed E-state index contributed by atoms with van der Waals surface area (Å²) in [6, 6.07) is 15.9. The van der Waals surface area contributed by atoms with Crippen molar-refractivity contribution in [1.29, 1.82) is 0 Å². The van der Waals surface area contributed by atoms with Crippen LogP contribution in [0.15, 0.2) is 48.5 Å². The fourth-order valence-corrected chi connectivity index (χ4v) is 1.82. The molecule has 19 heavy (non-hydrogen) atoms. The molecule has 1 N–H and O–H groups in total. The highest BCUT2D eigenvalue weighted by Gasteiger charge is 1.96. The molecule has 0 amide bonds. The summed E-state index contributed by atoms with van der Waals surface area (Å²) in [6.45, 7) is 3.66. The normalized spacial score (nSPS) is 10.2. The maximum Gasteiger partial charge on any atom is 0.119 e. The molecular weight excluding hydrogens is 258 g/mol. The summed E-state index contributed by atoms with van der Waals surface area (Å²) in [5.41, 5.74) is 2.29. The van der Waals surface area contributed by atoms with E-state index in [0.29, 0.717) is 0 Å². The van der Waals surface area contributed by atoms with Crippen LogP contribution in [0.2, 0.25) is 5.02 Å². The summed E-state index contributed by atoms with van der Waals surface area (Å²) >= 11 is 5.85. The van der Waals surface area contributed by atoms with Gasteiger partial charge in [-0.2, -0.15) is 0 Å². The van der Waals surface area contributed by atoms with E-state index in [4.69, 9.17) is 16.3 Å². The van der Waals surface area contributed by atoms with Gasteiger partial charge in [-0.05, 0) is 48.4 Å². The minimum atomic E-state index is 0.753. The lowest BCUT2D eigenvalue weighted by molar-refractivity contribution is 0.317. The van der Waals surface area contributed by atoms with Gasteiger partial charge in [0.15, 0.2) is 0 Å². The van der Waals surface area contributed by atoms with Gasteiger partial charge in [0, 0.05) is 17.3 Å². The van der Waals surface area contributed by atoms with Gasteiger partial charge in [-0.25, -0.2) is 0 Å². The number of nitrogens with one attached hydrogen (secondary N) is 1. The summed E-state index contributed by atoms with van der Waals surface area (Å²) in [5, 5.41) is 4.10. The molecule has 0 aliphatic heterocycles. The molecule has 0 aliphatic rings.